The van der Waals surface area contributed by atoms with E-state index < -0.39 is 5.60 Å². The van der Waals surface area contributed by atoms with Gasteiger partial charge in [0.2, 0.25) is 0 Å². The van der Waals surface area contributed by atoms with Crippen LogP contribution < -0.4 is 0 Å². The first-order valence-electron chi connectivity index (χ1n) is 11.4. The molecule has 176 valence electrons. The zero-order valence-electron chi connectivity index (χ0n) is 20.4. The van der Waals surface area contributed by atoms with Gasteiger partial charge in [0, 0.05) is 9.75 Å². The van der Waals surface area contributed by atoms with Gasteiger partial charge in [-0.2, -0.15) is 0 Å². The van der Waals surface area contributed by atoms with Gasteiger partial charge in [-0.15, -0.1) is 23.2 Å². The predicted octanol–water partition coefficient (Wildman–Crippen LogP) is 6.24. The standard InChI is InChI=1S/C30H32O3S/c1-5-7-18-32-21-24-12-14-26(15-13-24)30(31,29-17-16-28(34-29)23(3)4)27-11-9-10-25(20-27)22-33-19-8-6-2/h9-17,20,23,31H,18-19,21-22H2,1-4H3. The molecule has 0 aliphatic carbocycles. The molecule has 1 atom stereocenters. The second kappa shape index (κ2) is 12.6. The summed E-state index contributed by atoms with van der Waals surface area (Å²) in [5.41, 5.74) is 2.39. The Hall–Kier alpha value is -2.86. The van der Waals surface area contributed by atoms with E-state index in [1.54, 1.807) is 25.2 Å². The smallest absolute Gasteiger partial charge is 0.149 e. The molecule has 1 heterocycles. The monoisotopic (exact) mass is 472 g/mol. The third-order valence-electron chi connectivity index (χ3n) is 5.51. The van der Waals surface area contributed by atoms with E-state index in [2.05, 4.69) is 43.6 Å². The van der Waals surface area contributed by atoms with Crippen LogP contribution in [0.15, 0.2) is 60.7 Å². The van der Waals surface area contributed by atoms with Crippen molar-refractivity contribution in [2.45, 2.75) is 52.4 Å². The summed E-state index contributed by atoms with van der Waals surface area (Å²) in [5.74, 6) is 11.9. The molecule has 3 nitrogen and oxygen atoms in total. The third-order valence-corrected chi connectivity index (χ3v) is 7.00. The van der Waals surface area contributed by atoms with Crippen LogP contribution in [-0.4, -0.2) is 18.3 Å². The van der Waals surface area contributed by atoms with Crippen molar-refractivity contribution < 1.29 is 14.6 Å². The molecule has 1 unspecified atom stereocenters. The van der Waals surface area contributed by atoms with E-state index in [9.17, 15) is 5.11 Å². The lowest BCUT2D eigenvalue weighted by atomic mass is 9.84. The van der Waals surface area contributed by atoms with Crippen LogP contribution in [0.1, 0.15) is 65.6 Å². The van der Waals surface area contributed by atoms with Gasteiger partial charge >= 0.3 is 0 Å². The average molecular weight is 473 g/mol. The van der Waals surface area contributed by atoms with E-state index in [1.165, 1.54) is 4.88 Å². The zero-order chi connectivity index (χ0) is 24.4. The van der Waals surface area contributed by atoms with Crippen molar-refractivity contribution >= 4 is 11.3 Å². The van der Waals surface area contributed by atoms with Crippen molar-refractivity contribution in [2.75, 3.05) is 13.2 Å². The lowest BCUT2D eigenvalue weighted by molar-refractivity contribution is 0.128. The Morgan fingerprint density at radius 2 is 1.47 bits per heavy atom. The van der Waals surface area contributed by atoms with Crippen molar-refractivity contribution in [1.82, 2.24) is 0 Å². The van der Waals surface area contributed by atoms with E-state index in [4.69, 9.17) is 9.47 Å². The Balaban J connectivity index is 1.96. The van der Waals surface area contributed by atoms with E-state index in [1.807, 2.05) is 54.6 Å². The molecule has 1 aromatic heterocycles. The van der Waals surface area contributed by atoms with Crippen molar-refractivity contribution in [3.05, 3.63) is 92.7 Å². The number of hydrogen-bond acceptors (Lipinski definition) is 4. The lowest BCUT2D eigenvalue weighted by Crippen LogP contribution is -2.28. The van der Waals surface area contributed by atoms with E-state index in [0.29, 0.717) is 32.3 Å². The molecule has 0 fully saturated rings. The Morgan fingerprint density at radius 3 is 2.06 bits per heavy atom. The summed E-state index contributed by atoms with van der Waals surface area (Å²) in [6.07, 6.45) is 0. The lowest BCUT2D eigenvalue weighted by Gasteiger charge is -2.29. The number of thiophene rings is 1. The van der Waals surface area contributed by atoms with Gasteiger partial charge in [0.15, 0.2) is 0 Å². The maximum absolute atomic E-state index is 12.3. The van der Waals surface area contributed by atoms with E-state index in [0.717, 1.165) is 27.1 Å². The highest BCUT2D eigenvalue weighted by Gasteiger charge is 2.35. The summed E-state index contributed by atoms with van der Waals surface area (Å²) in [6, 6.07) is 20.1. The van der Waals surface area contributed by atoms with Gasteiger partial charge in [0.1, 0.15) is 18.8 Å². The van der Waals surface area contributed by atoms with Crippen LogP contribution in [0, 0.1) is 23.7 Å². The molecule has 1 N–H and O–H groups in total. The largest absolute Gasteiger partial charge is 0.375 e. The minimum atomic E-state index is -1.27. The normalized spacial score (nSPS) is 12.4. The van der Waals surface area contributed by atoms with Gasteiger partial charge < -0.3 is 14.6 Å². The van der Waals surface area contributed by atoms with Gasteiger partial charge in [-0.25, -0.2) is 0 Å². The highest BCUT2D eigenvalue weighted by molar-refractivity contribution is 7.12. The molecular weight excluding hydrogens is 440 g/mol. The van der Waals surface area contributed by atoms with Crippen LogP contribution in [0.2, 0.25) is 0 Å². The summed E-state index contributed by atoms with van der Waals surface area (Å²) in [4.78, 5) is 2.14. The Kier molecular flexibility index (Phi) is 9.52. The molecule has 34 heavy (non-hydrogen) atoms. The maximum atomic E-state index is 12.3. The SMILES string of the molecule is CC#CCOCc1ccc(C(O)(c2cccc(COCC#CC)c2)c2ccc(C(C)C)s2)cc1. The Morgan fingerprint density at radius 1 is 0.824 bits per heavy atom. The first-order valence-corrected chi connectivity index (χ1v) is 12.3. The third kappa shape index (κ3) is 6.38. The minimum absolute atomic E-state index is 0.390. The minimum Gasteiger partial charge on any atom is -0.375 e. The summed E-state index contributed by atoms with van der Waals surface area (Å²) in [7, 11) is 0. The fraction of sp³-hybridized carbons (Fsp3) is 0.333. The molecule has 3 aromatic rings. The molecule has 2 aromatic carbocycles. The summed E-state index contributed by atoms with van der Waals surface area (Å²) in [6.45, 7) is 9.67. The second-order valence-electron chi connectivity index (χ2n) is 8.30. The predicted molar refractivity (Wildman–Crippen MR) is 140 cm³/mol. The second-order valence-corrected chi connectivity index (χ2v) is 9.42. The molecular formula is C30H32O3S. The van der Waals surface area contributed by atoms with Gasteiger partial charge in [0.05, 0.1) is 13.2 Å². The van der Waals surface area contributed by atoms with Crippen LogP contribution in [0.4, 0.5) is 0 Å². The van der Waals surface area contributed by atoms with Gasteiger partial charge in [-0.3, -0.25) is 0 Å². The van der Waals surface area contributed by atoms with Gasteiger partial charge in [-0.1, -0.05) is 68.2 Å². The molecule has 0 aliphatic heterocycles. The number of ether oxygens (including phenoxy) is 2. The molecule has 0 spiro atoms. The molecule has 0 saturated heterocycles. The number of hydrogen-bond donors (Lipinski definition) is 1. The summed E-state index contributed by atoms with van der Waals surface area (Å²) in [5, 5.41) is 12.3. The average Bonchev–Trinajstić information content (AvgIpc) is 3.36. The fourth-order valence-corrected chi connectivity index (χ4v) is 4.77. The van der Waals surface area contributed by atoms with Crippen LogP contribution in [-0.2, 0) is 28.3 Å². The number of aliphatic hydroxyl groups is 1. The molecule has 3 rings (SSSR count). The zero-order valence-corrected chi connectivity index (χ0v) is 21.2. The summed E-state index contributed by atoms with van der Waals surface area (Å²) >= 11 is 1.65. The molecule has 0 aliphatic rings. The summed E-state index contributed by atoms with van der Waals surface area (Å²) < 4.78 is 11.3. The van der Waals surface area contributed by atoms with Crippen molar-refractivity contribution in [3.63, 3.8) is 0 Å². The first-order chi connectivity index (χ1) is 16.5. The van der Waals surface area contributed by atoms with Crippen LogP contribution in [0.25, 0.3) is 0 Å². The Labute approximate surface area is 207 Å². The topological polar surface area (TPSA) is 38.7 Å². The molecule has 0 amide bonds. The van der Waals surface area contributed by atoms with Gasteiger partial charge in [0.25, 0.3) is 0 Å². The van der Waals surface area contributed by atoms with E-state index in [-0.39, 0.29) is 0 Å². The maximum Gasteiger partial charge on any atom is 0.149 e. The van der Waals surface area contributed by atoms with Crippen molar-refractivity contribution in [1.29, 1.82) is 0 Å². The first kappa shape index (κ1) is 25.8. The van der Waals surface area contributed by atoms with Crippen LogP contribution in [0.5, 0.6) is 0 Å². The molecule has 0 bridgehead atoms. The molecule has 0 radical (unpaired) electrons. The van der Waals surface area contributed by atoms with Crippen LogP contribution >= 0.6 is 11.3 Å². The van der Waals surface area contributed by atoms with E-state index >= 15 is 0 Å². The fourth-order valence-electron chi connectivity index (χ4n) is 3.62. The van der Waals surface area contributed by atoms with Crippen LogP contribution in [0.3, 0.4) is 0 Å². The Bertz CT molecular complexity index is 1190. The van der Waals surface area contributed by atoms with Gasteiger partial charge in [-0.05, 0) is 60.2 Å². The molecule has 4 heteroatoms. The number of benzene rings is 2. The highest BCUT2D eigenvalue weighted by atomic mass is 32.1. The quantitative estimate of drug-likeness (QED) is 0.281. The van der Waals surface area contributed by atoms with Crippen molar-refractivity contribution in [3.8, 4) is 23.7 Å². The highest BCUT2D eigenvalue weighted by Crippen LogP contribution is 2.41. The molecule has 0 saturated carbocycles. The van der Waals surface area contributed by atoms with Crippen molar-refractivity contribution in [2.24, 2.45) is 0 Å². The number of rotatable bonds is 10.